The number of phenolic OH excluding ortho intramolecular Hbond substituents is 1. The average Bonchev–Trinajstić information content (AvgIpc) is 2.55. The Bertz CT molecular complexity index is 854. The maximum atomic E-state index is 12.0. The number of carbonyl (C=O) groups is 2. The van der Waals surface area contributed by atoms with Crippen LogP contribution < -0.4 is 5.32 Å². The number of nitrogens with zero attached hydrogens (tertiary/aromatic N) is 1. The summed E-state index contributed by atoms with van der Waals surface area (Å²) in [5.41, 5.74) is -0.161. The molecule has 0 aliphatic heterocycles. The molecule has 0 bridgehead atoms. The van der Waals surface area contributed by atoms with Gasteiger partial charge in [0.1, 0.15) is 22.3 Å². The van der Waals surface area contributed by atoms with Crippen LogP contribution in [-0.2, 0) is 19.7 Å². The maximum Gasteiger partial charge on any atom is 0.303 e. The molecule has 140 valence electrons. The minimum atomic E-state index is -4.65. The van der Waals surface area contributed by atoms with Crippen LogP contribution >= 0.6 is 0 Å². The molecule has 0 aliphatic rings. The highest BCUT2D eigenvalue weighted by Crippen LogP contribution is 2.24. The number of aliphatic carboxylic acids is 1. The standard InChI is InChI=1S/C16H18N2O7S/c17-10-12(16(22)18-7-3-1-2-4-15(20)21)8-11-5-6-13(19)14(9-11)26(23,24)25/h5-6,8-9,19H,1-4,7H2,(H,18,22)(H,20,21)(H,23,24,25)/b12-8+. The van der Waals surface area contributed by atoms with E-state index in [0.717, 1.165) is 18.2 Å². The van der Waals surface area contributed by atoms with Gasteiger partial charge in [0.2, 0.25) is 0 Å². The first kappa shape index (κ1) is 21.1. The molecule has 1 amide bonds. The topological polar surface area (TPSA) is 165 Å². The van der Waals surface area contributed by atoms with Crippen molar-refractivity contribution in [2.45, 2.75) is 30.6 Å². The maximum absolute atomic E-state index is 12.0. The van der Waals surface area contributed by atoms with Gasteiger partial charge in [0, 0.05) is 13.0 Å². The quantitative estimate of drug-likeness (QED) is 0.215. The summed E-state index contributed by atoms with van der Waals surface area (Å²) in [7, 11) is -4.65. The lowest BCUT2D eigenvalue weighted by Gasteiger charge is -2.05. The second kappa shape index (κ2) is 9.55. The Morgan fingerprint density at radius 1 is 1.23 bits per heavy atom. The van der Waals surface area contributed by atoms with E-state index in [4.69, 9.17) is 14.9 Å². The Hall–Kier alpha value is -2.90. The molecule has 9 nitrogen and oxygen atoms in total. The molecule has 1 aromatic rings. The first-order chi connectivity index (χ1) is 12.1. The minimum absolute atomic E-state index is 0.0498. The smallest absolute Gasteiger partial charge is 0.303 e. The Labute approximate surface area is 150 Å². The van der Waals surface area contributed by atoms with Crippen LogP contribution in [0.5, 0.6) is 5.75 Å². The lowest BCUT2D eigenvalue weighted by Crippen LogP contribution is -2.25. The summed E-state index contributed by atoms with van der Waals surface area (Å²) in [4.78, 5) is 21.6. The molecule has 0 atom stereocenters. The highest BCUT2D eigenvalue weighted by molar-refractivity contribution is 7.86. The van der Waals surface area contributed by atoms with E-state index in [1.807, 2.05) is 0 Å². The van der Waals surface area contributed by atoms with Crippen LogP contribution in [-0.4, -0.2) is 41.6 Å². The normalized spacial score (nSPS) is 11.6. The van der Waals surface area contributed by atoms with Gasteiger partial charge in [-0.3, -0.25) is 14.1 Å². The lowest BCUT2D eigenvalue weighted by atomic mass is 10.1. The number of carbonyl (C=O) groups excluding carboxylic acids is 1. The van der Waals surface area contributed by atoms with Gasteiger partial charge in [0.05, 0.1) is 0 Å². The lowest BCUT2D eigenvalue weighted by molar-refractivity contribution is -0.137. The summed E-state index contributed by atoms with van der Waals surface area (Å²) in [6.07, 6.45) is 2.80. The Morgan fingerprint density at radius 2 is 1.92 bits per heavy atom. The monoisotopic (exact) mass is 382 g/mol. The van der Waals surface area contributed by atoms with Crippen LogP contribution in [0.3, 0.4) is 0 Å². The number of rotatable bonds is 9. The zero-order valence-electron chi connectivity index (χ0n) is 13.7. The number of carboxylic acid groups (broad SMARTS) is 1. The number of nitrogens with one attached hydrogen (secondary N) is 1. The van der Waals surface area contributed by atoms with E-state index in [9.17, 15) is 23.1 Å². The Morgan fingerprint density at radius 3 is 2.50 bits per heavy atom. The fourth-order valence-electron chi connectivity index (χ4n) is 2.02. The van der Waals surface area contributed by atoms with Crippen LogP contribution in [0.1, 0.15) is 31.2 Å². The van der Waals surface area contributed by atoms with Crippen LogP contribution in [0.15, 0.2) is 28.7 Å². The number of benzene rings is 1. The number of hydrogen-bond acceptors (Lipinski definition) is 6. The zero-order valence-corrected chi connectivity index (χ0v) is 14.5. The number of nitriles is 1. The van der Waals surface area contributed by atoms with Crippen molar-refractivity contribution >= 4 is 28.1 Å². The number of carboxylic acids is 1. The van der Waals surface area contributed by atoms with Gasteiger partial charge >= 0.3 is 5.97 Å². The van der Waals surface area contributed by atoms with Gasteiger partial charge in [0.25, 0.3) is 16.0 Å². The van der Waals surface area contributed by atoms with E-state index in [1.165, 1.54) is 6.07 Å². The predicted molar refractivity (Wildman–Crippen MR) is 90.6 cm³/mol. The van der Waals surface area contributed by atoms with E-state index in [0.29, 0.717) is 19.3 Å². The van der Waals surface area contributed by atoms with Crippen molar-refractivity contribution in [3.8, 4) is 11.8 Å². The molecule has 0 fully saturated rings. The largest absolute Gasteiger partial charge is 0.506 e. The SMILES string of the molecule is N#C/C(=C\c1ccc(O)c(S(=O)(=O)O)c1)C(=O)NCCCCCC(=O)O. The molecule has 10 heteroatoms. The summed E-state index contributed by atoms with van der Waals surface area (Å²) in [5.74, 6) is -2.22. The van der Waals surface area contributed by atoms with Gasteiger partial charge in [-0.15, -0.1) is 0 Å². The second-order valence-corrected chi connectivity index (χ2v) is 6.72. The summed E-state index contributed by atoms with van der Waals surface area (Å²) < 4.78 is 31.3. The minimum Gasteiger partial charge on any atom is -0.506 e. The van der Waals surface area contributed by atoms with E-state index >= 15 is 0 Å². The first-order valence-corrected chi connectivity index (χ1v) is 9.01. The number of phenols is 1. The number of amides is 1. The molecular formula is C16H18N2O7S. The molecule has 0 unspecified atom stereocenters. The summed E-state index contributed by atoms with van der Waals surface area (Å²) in [6, 6.07) is 4.92. The molecule has 0 aromatic heterocycles. The predicted octanol–water partition coefficient (Wildman–Crippen LogP) is 1.31. The first-order valence-electron chi connectivity index (χ1n) is 7.57. The summed E-state index contributed by atoms with van der Waals surface area (Å²) in [5, 5.41) is 29.5. The van der Waals surface area contributed by atoms with Crippen molar-refractivity contribution in [2.24, 2.45) is 0 Å². The fourth-order valence-corrected chi connectivity index (χ4v) is 2.63. The summed E-state index contributed by atoms with van der Waals surface area (Å²) >= 11 is 0. The molecule has 0 saturated carbocycles. The number of aromatic hydroxyl groups is 1. The van der Waals surface area contributed by atoms with Crippen LogP contribution in [0.25, 0.3) is 6.08 Å². The van der Waals surface area contributed by atoms with Gasteiger partial charge in [0.15, 0.2) is 0 Å². The highest BCUT2D eigenvalue weighted by atomic mass is 32.2. The van der Waals surface area contributed by atoms with Gasteiger partial charge in [-0.1, -0.05) is 12.5 Å². The van der Waals surface area contributed by atoms with Crippen LogP contribution in [0.2, 0.25) is 0 Å². The Balaban J connectivity index is 2.75. The van der Waals surface area contributed by atoms with Gasteiger partial charge in [-0.25, -0.2) is 0 Å². The van der Waals surface area contributed by atoms with Crippen molar-refractivity contribution in [1.29, 1.82) is 5.26 Å². The molecular weight excluding hydrogens is 364 g/mol. The van der Waals surface area contributed by atoms with Crippen LogP contribution in [0, 0.1) is 11.3 Å². The Kier molecular flexibility index (Phi) is 7.77. The molecule has 26 heavy (non-hydrogen) atoms. The number of unbranched alkanes of at least 4 members (excludes halogenated alkanes) is 2. The molecule has 0 heterocycles. The molecule has 1 aromatic carbocycles. The molecule has 0 radical (unpaired) electrons. The van der Waals surface area contributed by atoms with E-state index < -0.39 is 32.6 Å². The van der Waals surface area contributed by atoms with Crippen molar-refractivity contribution in [3.05, 3.63) is 29.3 Å². The molecule has 0 spiro atoms. The molecule has 1 rings (SSSR count). The van der Waals surface area contributed by atoms with Gasteiger partial charge in [-0.2, -0.15) is 13.7 Å². The van der Waals surface area contributed by atoms with Gasteiger partial charge in [-0.05, 0) is 36.6 Å². The highest BCUT2D eigenvalue weighted by Gasteiger charge is 2.16. The van der Waals surface area contributed by atoms with Crippen molar-refractivity contribution < 1.29 is 32.8 Å². The molecule has 4 N–H and O–H groups in total. The van der Waals surface area contributed by atoms with Gasteiger partial charge < -0.3 is 15.5 Å². The van der Waals surface area contributed by atoms with Crippen molar-refractivity contribution in [1.82, 2.24) is 5.32 Å². The van der Waals surface area contributed by atoms with Crippen LogP contribution in [0.4, 0.5) is 0 Å². The summed E-state index contributed by atoms with van der Waals surface area (Å²) in [6.45, 7) is 0.253. The third kappa shape index (κ3) is 6.92. The second-order valence-electron chi connectivity index (χ2n) is 5.33. The third-order valence-electron chi connectivity index (χ3n) is 3.29. The fraction of sp³-hybridized carbons (Fsp3) is 0.312. The third-order valence-corrected chi connectivity index (χ3v) is 4.17. The molecule has 0 aliphatic carbocycles. The van der Waals surface area contributed by atoms with E-state index in [1.54, 1.807) is 6.07 Å². The molecule has 0 saturated heterocycles. The van der Waals surface area contributed by atoms with E-state index in [-0.39, 0.29) is 24.1 Å². The zero-order chi connectivity index (χ0) is 19.7. The number of hydrogen-bond donors (Lipinski definition) is 4. The average molecular weight is 382 g/mol. The van der Waals surface area contributed by atoms with Crippen molar-refractivity contribution in [2.75, 3.05) is 6.54 Å². The van der Waals surface area contributed by atoms with E-state index in [2.05, 4.69) is 5.32 Å². The van der Waals surface area contributed by atoms with Crippen molar-refractivity contribution in [3.63, 3.8) is 0 Å².